The van der Waals surface area contributed by atoms with Crippen LogP contribution in [0.25, 0.3) is 11.2 Å². The molecule has 0 aromatic carbocycles. The molecule has 25 heavy (non-hydrogen) atoms. The van der Waals surface area contributed by atoms with E-state index >= 15 is 0 Å². The summed E-state index contributed by atoms with van der Waals surface area (Å²) in [7, 11) is 0. The second-order valence-corrected chi connectivity index (χ2v) is 7.53. The SMILES string of the molecule is OC[C@H]1O[C@@H](n2cnc3c(NC4CCSCC4)ncnc32)[C@H](O)[C@@H]1O. The van der Waals surface area contributed by atoms with Gasteiger partial charge in [-0.05, 0) is 24.3 Å². The van der Waals surface area contributed by atoms with Crippen LogP contribution in [0, 0.1) is 0 Å². The summed E-state index contributed by atoms with van der Waals surface area (Å²) in [5, 5.41) is 32.9. The third kappa shape index (κ3) is 3.08. The topological polar surface area (TPSA) is 126 Å². The number of anilines is 1. The Bertz CT molecular complexity index is 738. The number of hydrogen-bond acceptors (Lipinski definition) is 9. The highest BCUT2D eigenvalue weighted by molar-refractivity contribution is 7.99. The minimum absolute atomic E-state index is 0.360. The number of hydrogen-bond donors (Lipinski definition) is 4. The van der Waals surface area contributed by atoms with Gasteiger partial charge in [-0.25, -0.2) is 15.0 Å². The molecule has 0 bridgehead atoms. The van der Waals surface area contributed by atoms with E-state index in [0.29, 0.717) is 23.0 Å². The Morgan fingerprint density at radius 1 is 1.20 bits per heavy atom. The average Bonchev–Trinajstić information content (AvgIpc) is 3.18. The van der Waals surface area contributed by atoms with E-state index in [1.165, 1.54) is 12.7 Å². The molecule has 2 aromatic rings. The van der Waals surface area contributed by atoms with E-state index in [9.17, 15) is 15.3 Å². The van der Waals surface area contributed by atoms with Crippen LogP contribution in [-0.4, -0.2) is 77.3 Å². The van der Waals surface area contributed by atoms with Crippen LogP contribution in [-0.2, 0) is 4.74 Å². The quantitative estimate of drug-likeness (QED) is 0.578. The number of imidazole rings is 1. The zero-order valence-corrected chi connectivity index (χ0v) is 14.3. The van der Waals surface area contributed by atoms with Gasteiger partial charge in [-0.3, -0.25) is 4.57 Å². The fraction of sp³-hybridized carbons (Fsp3) is 0.667. The van der Waals surface area contributed by atoms with Gasteiger partial charge >= 0.3 is 0 Å². The molecule has 2 aliphatic heterocycles. The van der Waals surface area contributed by atoms with Crippen LogP contribution in [0.4, 0.5) is 5.82 Å². The smallest absolute Gasteiger partial charge is 0.167 e. The minimum Gasteiger partial charge on any atom is -0.394 e. The Balaban J connectivity index is 1.62. The van der Waals surface area contributed by atoms with Crippen LogP contribution >= 0.6 is 11.8 Å². The molecule has 2 aromatic heterocycles. The van der Waals surface area contributed by atoms with E-state index in [4.69, 9.17) is 4.74 Å². The van der Waals surface area contributed by atoms with Crippen molar-refractivity contribution in [2.75, 3.05) is 23.4 Å². The number of aliphatic hydroxyl groups is 3. The van der Waals surface area contributed by atoms with Gasteiger partial charge in [0, 0.05) is 6.04 Å². The van der Waals surface area contributed by atoms with Crippen LogP contribution in [0.15, 0.2) is 12.7 Å². The third-order valence-corrected chi connectivity index (χ3v) is 5.76. The summed E-state index contributed by atoms with van der Waals surface area (Å²) in [6, 6.07) is 0.360. The van der Waals surface area contributed by atoms with E-state index in [1.54, 1.807) is 4.57 Å². The normalized spacial score (nSPS) is 30.8. The molecule has 2 fully saturated rings. The van der Waals surface area contributed by atoms with Crippen LogP contribution in [0.2, 0.25) is 0 Å². The van der Waals surface area contributed by atoms with Gasteiger partial charge in [0.25, 0.3) is 0 Å². The third-order valence-electron chi connectivity index (χ3n) is 4.71. The zero-order chi connectivity index (χ0) is 17.4. The molecule has 0 saturated carbocycles. The second-order valence-electron chi connectivity index (χ2n) is 6.31. The van der Waals surface area contributed by atoms with Crippen molar-refractivity contribution < 1.29 is 20.1 Å². The summed E-state index contributed by atoms with van der Waals surface area (Å²) < 4.78 is 7.14. The standard InChI is InChI=1S/C15H21N5O4S/c21-5-9-11(22)12(23)15(24-9)20-7-18-10-13(16-6-17-14(10)20)19-8-1-3-25-4-2-8/h6-9,11-12,15,21-23H,1-5H2,(H,16,17,19)/t9-,11-,12-,15-/m1/s1. The summed E-state index contributed by atoms with van der Waals surface area (Å²) in [6.07, 6.45) is 1.09. The lowest BCUT2D eigenvalue weighted by atomic mass is 10.1. The monoisotopic (exact) mass is 367 g/mol. The van der Waals surface area contributed by atoms with Gasteiger partial charge < -0.3 is 25.4 Å². The number of ether oxygens (including phenoxy) is 1. The van der Waals surface area contributed by atoms with Gasteiger partial charge in [-0.1, -0.05) is 0 Å². The molecule has 2 saturated heterocycles. The molecule has 0 amide bonds. The van der Waals surface area contributed by atoms with Crippen molar-refractivity contribution in [1.82, 2.24) is 19.5 Å². The lowest BCUT2D eigenvalue weighted by Crippen LogP contribution is -2.33. The molecule has 0 radical (unpaired) electrons. The maximum Gasteiger partial charge on any atom is 0.167 e. The first-order chi connectivity index (χ1) is 12.2. The fourth-order valence-electron chi connectivity index (χ4n) is 3.29. The Morgan fingerprint density at radius 2 is 2.00 bits per heavy atom. The molecule has 9 nitrogen and oxygen atoms in total. The van der Waals surface area contributed by atoms with Crippen molar-refractivity contribution in [2.24, 2.45) is 0 Å². The summed E-state index contributed by atoms with van der Waals surface area (Å²) in [6.45, 7) is -0.372. The summed E-state index contributed by atoms with van der Waals surface area (Å²) >= 11 is 1.96. The molecule has 4 heterocycles. The lowest BCUT2D eigenvalue weighted by Gasteiger charge is -2.23. The summed E-state index contributed by atoms with van der Waals surface area (Å²) in [5.74, 6) is 2.92. The summed E-state index contributed by atoms with van der Waals surface area (Å²) in [4.78, 5) is 12.9. The van der Waals surface area contributed by atoms with Crippen LogP contribution in [0.3, 0.4) is 0 Å². The Hall–Kier alpha value is -1.46. The zero-order valence-electron chi connectivity index (χ0n) is 13.5. The largest absolute Gasteiger partial charge is 0.394 e. The van der Waals surface area contributed by atoms with E-state index in [1.807, 2.05) is 11.8 Å². The molecule has 4 N–H and O–H groups in total. The predicted molar refractivity (Wildman–Crippen MR) is 92.3 cm³/mol. The highest BCUT2D eigenvalue weighted by atomic mass is 32.2. The van der Waals surface area contributed by atoms with Crippen molar-refractivity contribution in [2.45, 2.75) is 43.4 Å². The maximum atomic E-state index is 10.2. The molecule has 10 heteroatoms. The number of aromatic nitrogens is 4. The van der Waals surface area contributed by atoms with E-state index in [2.05, 4.69) is 20.3 Å². The highest BCUT2D eigenvalue weighted by Crippen LogP contribution is 2.32. The number of thioether (sulfide) groups is 1. The molecule has 0 spiro atoms. The van der Waals surface area contributed by atoms with Crippen molar-refractivity contribution in [3.63, 3.8) is 0 Å². The number of aliphatic hydroxyl groups excluding tert-OH is 3. The van der Waals surface area contributed by atoms with E-state index in [0.717, 1.165) is 24.3 Å². The molecule has 2 aliphatic rings. The Labute approximate surface area is 148 Å². The Kier molecular flexibility index (Phi) is 4.78. The molecular formula is C15H21N5O4S. The van der Waals surface area contributed by atoms with Crippen molar-refractivity contribution in [1.29, 1.82) is 0 Å². The van der Waals surface area contributed by atoms with E-state index < -0.39 is 24.5 Å². The number of rotatable bonds is 4. The Morgan fingerprint density at radius 3 is 2.72 bits per heavy atom. The van der Waals surface area contributed by atoms with Gasteiger partial charge in [0.2, 0.25) is 0 Å². The fourth-order valence-corrected chi connectivity index (χ4v) is 4.40. The van der Waals surface area contributed by atoms with Gasteiger partial charge in [-0.2, -0.15) is 11.8 Å². The summed E-state index contributed by atoms with van der Waals surface area (Å²) in [5.41, 5.74) is 1.11. The molecule has 136 valence electrons. The first-order valence-electron chi connectivity index (χ1n) is 8.33. The molecule has 0 aliphatic carbocycles. The first kappa shape index (κ1) is 17.0. The van der Waals surface area contributed by atoms with Gasteiger partial charge in [0.15, 0.2) is 23.2 Å². The minimum atomic E-state index is -1.17. The number of nitrogens with zero attached hydrogens (tertiary/aromatic N) is 4. The highest BCUT2D eigenvalue weighted by Gasteiger charge is 2.44. The van der Waals surface area contributed by atoms with Gasteiger partial charge in [0.05, 0.1) is 12.9 Å². The van der Waals surface area contributed by atoms with Crippen LogP contribution in [0.1, 0.15) is 19.1 Å². The molecule has 4 atom stereocenters. The first-order valence-corrected chi connectivity index (χ1v) is 9.48. The van der Waals surface area contributed by atoms with Crippen molar-refractivity contribution >= 4 is 28.7 Å². The maximum absolute atomic E-state index is 10.2. The van der Waals surface area contributed by atoms with Gasteiger partial charge in [-0.15, -0.1) is 0 Å². The van der Waals surface area contributed by atoms with E-state index in [-0.39, 0.29) is 6.61 Å². The number of nitrogens with one attached hydrogen (secondary N) is 1. The predicted octanol–water partition coefficient (Wildman–Crippen LogP) is -0.255. The van der Waals surface area contributed by atoms with Crippen LogP contribution in [0.5, 0.6) is 0 Å². The van der Waals surface area contributed by atoms with Crippen molar-refractivity contribution in [3.05, 3.63) is 12.7 Å². The van der Waals surface area contributed by atoms with Crippen molar-refractivity contribution in [3.8, 4) is 0 Å². The molecule has 0 unspecified atom stereocenters. The molecular weight excluding hydrogens is 346 g/mol. The average molecular weight is 367 g/mol. The number of fused-ring (bicyclic) bond motifs is 1. The molecule has 4 rings (SSSR count). The van der Waals surface area contributed by atoms with Crippen LogP contribution < -0.4 is 5.32 Å². The second kappa shape index (κ2) is 7.04. The lowest BCUT2D eigenvalue weighted by molar-refractivity contribution is -0.0511. The van der Waals surface area contributed by atoms with Gasteiger partial charge in [0.1, 0.15) is 24.6 Å².